The average Bonchev–Trinajstić information content (AvgIpc) is 3.39. The number of nitrogen functional groups attached to an aromatic ring is 1. The van der Waals surface area contributed by atoms with E-state index in [1.807, 2.05) is 0 Å². The summed E-state index contributed by atoms with van der Waals surface area (Å²) in [5.74, 6) is -1.66. The molecule has 1 aliphatic rings. The van der Waals surface area contributed by atoms with E-state index in [-0.39, 0.29) is 37.7 Å². The molecule has 0 spiro atoms. The summed E-state index contributed by atoms with van der Waals surface area (Å²) >= 11 is 0. The van der Waals surface area contributed by atoms with Crippen LogP contribution in [-0.4, -0.2) is 47.3 Å². The first-order valence-electron chi connectivity index (χ1n) is 10.5. The maximum absolute atomic E-state index is 13.1. The number of fused-ring (bicyclic) bond motifs is 1. The number of alkyl halides is 5. The quantitative estimate of drug-likeness (QED) is 0.331. The Bertz CT molecular complexity index is 1240. The topological polar surface area (TPSA) is 104 Å². The van der Waals surface area contributed by atoms with Gasteiger partial charge in [0.15, 0.2) is 11.5 Å². The third-order valence-corrected chi connectivity index (χ3v) is 5.18. The van der Waals surface area contributed by atoms with Crippen LogP contribution >= 0.6 is 0 Å². The van der Waals surface area contributed by atoms with E-state index >= 15 is 0 Å². The fourth-order valence-corrected chi connectivity index (χ4v) is 3.41. The molecule has 8 nitrogen and oxygen atoms in total. The fourth-order valence-electron chi connectivity index (χ4n) is 3.41. The van der Waals surface area contributed by atoms with Gasteiger partial charge in [0.2, 0.25) is 0 Å². The van der Waals surface area contributed by atoms with Crippen LogP contribution in [0.2, 0.25) is 0 Å². The minimum atomic E-state index is -4.56. The molecule has 3 aromatic rings. The second-order valence-electron chi connectivity index (χ2n) is 7.94. The lowest BCUT2D eigenvalue weighted by atomic mass is 10.2. The highest BCUT2D eigenvalue weighted by molar-refractivity contribution is 5.91. The van der Waals surface area contributed by atoms with E-state index in [0.717, 1.165) is 12.1 Å². The van der Waals surface area contributed by atoms with Gasteiger partial charge in [-0.3, -0.25) is 0 Å². The Morgan fingerprint density at radius 1 is 1.09 bits per heavy atom. The molecule has 1 unspecified atom stereocenters. The number of hydrogen-bond acceptors (Lipinski definition) is 8. The number of rotatable bonds is 9. The highest BCUT2D eigenvalue weighted by atomic mass is 19.4. The molecule has 2 heterocycles. The van der Waals surface area contributed by atoms with E-state index in [1.165, 1.54) is 7.11 Å². The zero-order valence-corrected chi connectivity index (χ0v) is 18.7. The minimum absolute atomic E-state index is 0.00262. The summed E-state index contributed by atoms with van der Waals surface area (Å²) in [6.45, 7) is 1.52. The zero-order valence-electron chi connectivity index (χ0n) is 18.7. The number of nitrogens with two attached hydrogens (primary N) is 1. The molecular formula is C22H22F5N5O3. The van der Waals surface area contributed by atoms with Crippen molar-refractivity contribution in [2.24, 2.45) is 0 Å². The van der Waals surface area contributed by atoms with Crippen LogP contribution in [0.1, 0.15) is 23.5 Å². The van der Waals surface area contributed by atoms with Gasteiger partial charge in [-0.25, -0.2) is 23.7 Å². The molecule has 0 saturated heterocycles. The van der Waals surface area contributed by atoms with Crippen molar-refractivity contribution in [3.8, 4) is 11.5 Å². The molecule has 1 aromatic carbocycles. The third kappa shape index (κ3) is 5.78. The minimum Gasteiger partial charge on any atom is -0.493 e. The molecule has 1 fully saturated rings. The van der Waals surface area contributed by atoms with Gasteiger partial charge >= 0.3 is 6.18 Å². The van der Waals surface area contributed by atoms with Crippen molar-refractivity contribution in [3.63, 3.8) is 0 Å². The molecule has 0 radical (unpaired) electrons. The molecular weight excluding hydrogens is 477 g/mol. The van der Waals surface area contributed by atoms with Crippen molar-refractivity contribution >= 4 is 22.5 Å². The first-order valence-corrected chi connectivity index (χ1v) is 10.5. The monoisotopic (exact) mass is 499 g/mol. The molecule has 2 aromatic heterocycles. The average molecular weight is 499 g/mol. The molecule has 3 N–H and O–H groups in total. The van der Waals surface area contributed by atoms with E-state index in [2.05, 4.69) is 20.3 Å². The van der Waals surface area contributed by atoms with Crippen molar-refractivity contribution in [2.45, 2.75) is 38.1 Å². The molecule has 0 aliphatic heterocycles. The second kappa shape index (κ2) is 9.29. The normalized spacial score (nSPS) is 16.8. The number of nitrogens with zero attached hydrogens (tertiary/aromatic N) is 3. The Labute approximate surface area is 196 Å². The van der Waals surface area contributed by atoms with Gasteiger partial charge in [0, 0.05) is 17.9 Å². The molecule has 35 heavy (non-hydrogen) atoms. The van der Waals surface area contributed by atoms with Gasteiger partial charge < -0.3 is 25.3 Å². The first kappa shape index (κ1) is 24.6. The van der Waals surface area contributed by atoms with Crippen LogP contribution < -0.4 is 20.5 Å². The third-order valence-electron chi connectivity index (χ3n) is 5.18. The van der Waals surface area contributed by atoms with Crippen molar-refractivity contribution in [1.29, 1.82) is 0 Å². The standard InChI is InChI=1S/C22H22F5N5O3/c1-11-30-15-8-16(33-2)17(34-3-4-35-18-9-21(18,23)24)7-14(15)20(31-11)29-10-13-5-12(22(25,26)27)6-19(28)32-13/h5-8,18H,3-4,9-10H2,1-2H3,(H2,28,32)(H,29,30,31). The zero-order chi connectivity index (χ0) is 25.4. The lowest BCUT2D eigenvalue weighted by Crippen LogP contribution is -2.12. The van der Waals surface area contributed by atoms with Crippen LogP contribution in [0.4, 0.5) is 33.6 Å². The second-order valence-corrected chi connectivity index (χ2v) is 7.94. The van der Waals surface area contributed by atoms with Crippen LogP contribution in [0.5, 0.6) is 11.5 Å². The summed E-state index contributed by atoms with van der Waals surface area (Å²) in [7, 11) is 1.44. The number of pyridine rings is 1. The summed E-state index contributed by atoms with van der Waals surface area (Å²) in [5, 5.41) is 3.47. The lowest BCUT2D eigenvalue weighted by Gasteiger charge is -2.15. The molecule has 1 atom stereocenters. The summed E-state index contributed by atoms with van der Waals surface area (Å²) < 4.78 is 81.3. The number of hydrogen-bond donors (Lipinski definition) is 2. The Balaban J connectivity index is 1.54. The first-order chi connectivity index (χ1) is 16.5. The van der Waals surface area contributed by atoms with Crippen LogP contribution in [0.25, 0.3) is 10.9 Å². The SMILES string of the molecule is COc1cc2nc(C)nc(NCc3cc(C(F)(F)F)cc(N)n3)c2cc1OCCOC1CC1(F)F. The fraction of sp³-hybridized carbons (Fsp3) is 0.409. The number of aryl methyl sites for hydroxylation is 1. The Kier molecular flexibility index (Phi) is 6.54. The maximum Gasteiger partial charge on any atom is 0.416 e. The van der Waals surface area contributed by atoms with Crippen molar-refractivity contribution in [2.75, 3.05) is 31.4 Å². The van der Waals surface area contributed by atoms with Crippen molar-refractivity contribution in [3.05, 3.63) is 41.3 Å². The van der Waals surface area contributed by atoms with Gasteiger partial charge in [0.25, 0.3) is 5.92 Å². The summed E-state index contributed by atoms with van der Waals surface area (Å²) in [6.07, 6.45) is -5.95. The predicted molar refractivity (Wildman–Crippen MR) is 117 cm³/mol. The van der Waals surface area contributed by atoms with E-state index in [1.54, 1.807) is 19.1 Å². The van der Waals surface area contributed by atoms with Gasteiger partial charge in [0.1, 0.15) is 30.2 Å². The number of aromatic nitrogens is 3. The van der Waals surface area contributed by atoms with E-state index in [9.17, 15) is 22.0 Å². The highest BCUT2D eigenvalue weighted by Gasteiger charge is 2.58. The largest absolute Gasteiger partial charge is 0.493 e. The molecule has 1 saturated carbocycles. The Hall–Kier alpha value is -3.48. The van der Waals surface area contributed by atoms with Gasteiger partial charge in [-0.15, -0.1) is 0 Å². The number of halogens is 5. The van der Waals surface area contributed by atoms with Crippen molar-refractivity contribution < 1.29 is 36.2 Å². The van der Waals surface area contributed by atoms with Crippen LogP contribution in [-0.2, 0) is 17.5 Å². The smallest absolute Gasteiger partial charge is 0.416 e. The Morgan fingerprint density at radius 3 is 2.49 bits per heavy atom. The van der Waals surface area contributed by atoms with Crippen molar-refractivity contribution in [1.82, 2.24) is 15.0 Å². The molecule has 1 aliphatic carbocycles. The van der Waals surface area contributed by atoms with Crippen LogP contribution in [0, 0.1) is 6.92 Å². The molecule has 4 rings (SSSR count). The predicted octanol–water partition coefficient (Wildman–Crippen LogP) is 4.36. The summed E-state index contributed by atoms with van der Waals surface area (Å²) in [4.78, 5) is 12.7. The van der Waals surface area contributed by atoms with E-state index in [0.29, 0.717) is 34.0 Å². The number of anilines is 2. The lowest BCUT2D eigenvalue weighted by molar-refractivity contribution is -0.137. The number of benzene rings is 1. The number of nitrogens with one attached hydrogen (secondary N) is 1. The summed E-state index contributed by atoms with van der Waals surface area (Å²) in [5.41, 5.74) is 5.20. The van der Waals surface area contributed by atoms with E-state index in [4.69, 9.17) is 19.9 Å². The van der Waals surface area contributed by atoms with Gasteiger partial charge in [-0.1, -0.05) is 0 Å². The molecule has 188 valence electrons. The number of methoxy groups -OCH3 is 1. The van der Waals surface area contributed by atoms with Gasteiger partial charge in [-0.2, -0.15) is 13.2 Å². The highest BCUT2D eigenvalue weighted by Crippen LogP contribution is 2.44. The molecule has 0 bridgehead atoms. The van der Waals surface area contributed by atoms with E-state index < -0.39 is 23.8 Å². The summed E-state index contributed by atoms with van der Waals surface area (Å²) in [6, 6.07) is 4.87. The van der Waals surface area contributed by atoms with Gasteiger partial charge in [0.05, 0.1) is 37.0 Å². The van der Waals surface area contributed by atoms with Gasteiger partial charge in [-0.05, 0) is 25.1 Å². The van der Waals surface area contributed by atoms with Crippen LogP contribution in [0.15, 0.2) is 24.3 Å². The Morgan fingerprint density at radius 2 is 1.83 bits per heavy atom. The maximum atomic E-state index is 13.1. The number of ether oxygens (including phenoxy) is 3. The molecule has 0 amide bonds. The molecule has 13 heteroatoms. The van der Waals surface area contributed by atoms with Crippen LogP contribution in [0.3, 0.4) is 0 Å².